The van der Waals surface area contributed by atoms with Crippen LogP contribution >= 0.6 is 0 Å². The van der Waals surface area contributed by atoms with Crippen molar-refractivity contribution in [3.8, 4) is 0 Å². The Balaban J connectivity index is 1.63. The number of hydrogen-bond acceptors (Lipinski definition) is 4. The van der Waals surface area contributed by atoms with Gasteiger partial charge in [-0.15, -0.1) is 0 Å². The predicted octanol–water partition coefficient (Wildman–Crippen LogP) is 0.00240. The molecule has 0 aromatic heterocycles. The van der Waals surface area contributed by atoms with E-state index in [1.54, 1.807) is 0 Å². The average molecular weight is 227 g/mol. The van der Waals surface area contributed by atoms with Crippen LogP contribution in [0.1, 0.15) is 12.8 Å². The number of likely N-dealkylation sites (N-methyl/N-ethyl adjacent to an activating group) is 1. The molecule has 0 radical (unpaired) electrons. The fourth-order valence-corrected chi connectivity index (χ4v) is 2.54. The molecular weight excluding hydrogens is 202 g/mol. The number of piperazine rings is 1. The molecule has 0 unspecified atom stereocenters. The maximum absolute atomic E-state index is 5.40. The number of nitrogens with zero attached hydrogens (tertiary/aromatic N) is 2. The van der Waals surface area contributed by atoms with Gasteiger partial charge in [0.25, 0.3) is 0 Å². The molecule has 2 aliphatic rings. The van der Waals surface area contributed by atoms with E-state index in [-0.39, 0.29) is 0 Å². The summed E-state index contributed by atoms with van der Waals surface area (Å²) >= 11 is 0. The van der Waals surface area contributed by atoms with Gasteiger partial charge in [-0.25, -0.2) is 0 Å². The van der Waals surface area contributed by atoms with Crippen molar-refractivity contribution < 1.29 is 4.74 Å². The van der Waals surface area contributed by atoms with Gasteiger partial charge in [0.15, 0.2) is 0 Å². The van der Waals surface area contributed by atoms with Gasteiger partial charge in [-0.3, -0.25) is 4.90 Å². The first-order valence-electron chi connectivity index (χ1n) is 6.57. The molecule has 0 bridgehead atoms. The second kappa shape index (κ2) is 6.55. The molecule has 1 N–H and O–H groups in total. The SMILES string of the molecule is CN(CCN1CCNCC1)C1CCOCC1. The molecule has 0 spiro atoms. The van der Waals surface area contributed by atoms with Crippen molar-refractivity contribution in [3.63, 3.8) is 0 Å². The summed E-state index contributed by atoms with van der Waals surface area (Å²) < 4.78 is 5.40. The molecule has 4 nitrogen and oxygen atoms in total. The van der Waals surface area contributed by atoms with E-state index in [0.717, 1.165) is 32.3 Å². The molecule has 0 aliphatic carbocycles. The molecule has 0 atom stereocenters. The van der Waals surface area contributed by atoms with Crippen molar-refractivity contribution in [2.45, 2.75) is 18.9 Å². The first-order chi connectivity index (χ1) is 7.86. The van der Waals surface area contributed by atoms with Crippen LogP contribution in [0.15, 0.2) is 0 Å². The van der Waals surface area contributed by atoms with Gasteiger partial charge in [0, 0.05) is 58.5 Å². The Morgan fingerprint density at radius 3 is 2.62 bits per heavy atom. The maximum atomic E-state index is 5.40. The van der Waals surface area contributed by atoms with Gasteiger partial charge in [0.2, 0.25) is 0 Å². The number of ether oxygens (including phenoxy) is 1. The van der Waals surface area contributed by atoms with Crippen molar-refractivity contribution >= 4 is 0 Å². The molecule has 0 aromatic carbocycles. The van der Waals surface area contributed by atoms with Crippen molar-refractivity contribution in [1.29, 1.82) is 0 Å². The monoisotopic (exact) mass is 227 g/mol. The largest absolute Gasteiger partial charge is 0.381 e. The lowest BCUT2D eigenvalue weighted by molar-refractivity contribution is 0.0396. The Labute approximate surface area is 98.9 Å². The maximum Gasteiger partial charge on any atom is 0.0480 e. The van der Waals surface area contributed by atoms with E-state index in [4.69, 9.17) is 4.74 Å². The van der Waals surface area contributed by atoms with Crippen LogP contribution in [-0.2, 0) is 4.74 Å². The van der Waals surface area contributed by atoms with Gasteiger partial charge < -0.3 is 15.0 Å². The van der Waals surface area contributed by atoms with E-state index in [1.807, 2.05) is 0 Å². The van der Waals surface area contributed by atoms with Gasteiger partial charge in [0.05, 0.1) is 0 Å². The summed E-state index contributed by atoms with van der Waals surface area (Å²) in [7, 11) is 2.26. The van der Waals surface area contributed by atoms with Crippen LogP contribution < -0.4 is 5.32 Å². The summed E-state index contributed by atoms with van der Waals surface area (Å²) in [6.45, 7) is 9.04. The molecule has 0 amide bonds. The van der Waals surface area contributed by atoms with Crippen LogP contribution in [0.25, 0.3) is 0 Å². The van der Waals surface area contributed by atoms with E-state index >= 15 is 0 Å². The topological polar surface area (TPSA) is 27.7 Å². The van der Waals surface area contributed by atoms with Crippen molar-refractivity contribution in [1.82, 2.24) is 15.1 Å². The highest BCUT2D eigenvalue weighted by Crippen LogP contribution is 2.12. The number of nitrogens with one attached hydrogen (secondary N) is 1. The third-order valence-electron chi connectivity index (χ3n) is 3.79. The van der Waals surface area contributed by atoms with E-state index in [2.05, 4.69) is 22.2 Å². The third kappa shape index (κ3) is 3.70. The molecule has 0 saturated carbocycles. The highest BCUT2D eigenvalue weighted by Gasteiger charge is 2.19. The van der Waals surface area contributed by atoms with E-state index in [9.17, 15) is 0 Å². The summed E-state index contributed by atoms with van der Waals surface area (Å²) in [5, 5.41) is 3.39. The lowest BCUT2D eigenvalue weighted by atomic mass is 10.1. The van der Waals surface area contributed by atoms with Crippen LogP contribution in [-0.4, -0.2) is 75.4 Å². The predicted molar refractivity (Wildman–Crippen MR) is 65.8 cm³/mol. The summed E-state index contributed by atoms with van der Waals surface area (Å²) in [5.74, 6) is 0. The lowest BCUT2D eigenvalue weighted by Gasteiger charge is -2.34. The molecule has 2 fully saturated rings. The highest BCUT2D eigenvalue weighted by atomic mass is 16.5. The minimum Gasteiger partial charge on any atom is -0.381 e. The Morgan fingerprint density at radius 2 is 1.94 bits per heavy atom. The van der Waals surface area contributed by atoms with Crippen LogP contribution in [0, 0.1) is 0 Å². The van der Waals surface area contributed by atoms with Crippen LogP contribution in [0.5, 0.6) is 0 Å². The van der Waals surface area contributed by atoms with E-state index in [1.165, 1.54) is 39.0 Å². The second-order valence-electron chi connectivity index (χ2n) is 4.92. The van der Waals surface area contributed by atoms with Crippen LogP contribution in [0.2, 0.25) is 0 Å². The molecule has 0 aromatic rings. The van der Waals surface area contributed by atoms with Gasteiger partial charge in [-0.1, -0.05) is 0 Å². The zero-order valence-electron chi connectivity index (χ0n) is 10.5. The molecular formula is C12H25N3O. The summed E-state index contributed by atoms with van der Waals surface area (Å²) in [4.78, 5) is 5.08. The minimum absolute atomic E-state index is 0.747. The first-order valence-corrected chi connectivity index (χ1v) is 6.57. The average Bonchev–Trinajstić information content (AvgIpc) is 2.38. The molecule has 2 heterocycles. The van der Waals surface area contributed by atoms with Crippen LogP contribution in [0.3, 0.4) is 0 Å². The number of rotatable bonds is 4. The lowest BCUT2D eigenvalue weighted by Crippen LogP contribution is -2.47. The van der Waals surface area contributed by atoms with Crippen molar-refractivity contribution in [2.24, 2.45) is 0 Å². The smallest absolute Gasteiger partial charge is 0.0480 e. The minimum atomic E-state index is 0.747. The Bertz CT molecular complexity index is 189. The quantitative estimate of drug-likeness (QED) is 0.732. The number of hydrogen-bond donors (Lipinski definition) is 1. The zero-order chi connectivity index (χ0) is 11.2. The van der Waals surface area contributed by atoms with E-state index < -0.39 is 0 Å². The fourth-order valence-electron chi connectivity index (χ4n) is 2.54. The summed E-state index contributed by atoms with van der Waals surface area (Å²) in [6.07, 6.45) is 2.41. The van der Waals surface area contributed by atoms with Crippen molar-refractivity contribution in [2.75, 3.05) is 59.5 Å². The standard InChI is InChI=1S/C12H25N3O/c1-14(12-2-10-16-11-3-12)8-9-15-6-4-13-5-7-15/h12-13H,2-11H2,1H3. The molecule has 2 aliphatic heterocycles. The zero-order valence-corrected chi connectivity index (χ0v) is 10.5. The molecule has 2 rings (SSSR count). The highest BCUT2D eigenvalue weighted by molar-refractivity contribution is 4.74. The van der Waals surface area contributed by atoms with Gasteiger partial charge in [-0.2, -0.15) is 0 Å². The van der Waals surface area contributed by atoms with Crippen molar-refractivity contribution in [3.05, 3.63) is 0 Å². The fraction of sp³-hybridized carbons (Fsp3) is 1.00. The van der Waals surface area contributed by atoms with E-state index in [0.29, 0.717) is 0 Å². The molecule has 94 valence electrons. The normalized spacial score (nSPS) is 25.1. The van der Waals surface area contributed by atoms with Gasteiger partial charge >= 0.3 is 0 Å². The molecule has 2 saturated heterocycles. The first kappa shape index (κ1) is 12.3. The second-order valence-corrected chi connectivity index (χ2v) is 4.92. The Hall–Kier alpha value is -0.160. The Kier molecular flexibility index (Phi) is 5.03. The van der Waals surface area contributed by atoms with Gasteiger partial charge in [-0.05, 0) is 19.9 Å². The molecule has 16 heavy (non-hydrogen) atoms. The van der Waals surface area contributed by atoms with Gasteiger partial charge in [0.1, 0.15) is 0 Å². The summed E-state index contributed by atoms with van der Waals surface area (Å²) in [6, 6.07) is 0.747. The summed E-state index contributed by atoms with van der Waals surface area (Å²) in [5.41, 5.74) is 0. The molecule has 4 heteroatoms. The Morgan fingerprint density at radius 1 is 1.25 bits per heavy atom. The third-order valence-corrected chi connectivity index (χ3v) is 3.79. The van der Waals surface area contributed by atoms with Crippen LogP contribution in [0.4, 0.5) is 0 Å².